The molecule has 4 aliphatic heterocycles. The third kappa shape index (κ3) is 12.3. The molecule has 216 valence electrons. The molecule has 2 saturated heterocycles. The summed E-state index contributed by atoms with van der Waals surface area (Å²) in [4.78, 5) is 40.4. The number of aliphatic hydroxyl groups is 1. The van der Waals surface area contributed by atoms with Crippen LogP contribution in [0.1, 0.15) is 50.9 Å². The number of nitrogens with zero attached hydrogens (tertiary/aromatic N) is 2. The predicted molar refractivity (Wildman–Crippen MR) is 138 cm³/mol. The van der Waals surface area contributed by atoms with E-state index in [1.807, 2.05) is 6.92 Å². The quantitative estimate of drug-likeness (QED) is 0.483. The van der Waals surface area contributed by atoms with Gasteiger partial charge in [-0.15, -0.1) is 0 Å². The molecule has 2 fully saturated rings. The fourth-order valence-electron chi connectivity index (χ4n) is 3.52. The van der Waals surface area contributed by atoms with Crippen molar-refractivity contribution in [2.75, 3.05) is 39.6 Å². The van der Waals surface area contributed by atoms with Crippen molar-refractivity contribution < 1.29 is 49.3 Å². The second-order valence-corrected chi connectivity index (χ2v) is 8.30. The van der Waals surface area contributed by atoms with Crippen LogP contribution in [0.25, 0.3) is 0 Å². The van der Waals surface area contributed by atoms with Gasteiger partial charge in [-0.1, -0.05) is 14.9 Å². The number of nitrogens with one attached hydrogen (secondary N) is 1. The Bertz CT molecular complexity index is 810. The first-order valence-corrected chi connectivity index (χ1v) is 11.3. The van der Waals surface area contributed by atoms with Crippen molar-refractivity contribution in [3.63, 3.8) is 0 Å². The molecule has 37 heavy (non-hydrogen) atoms. The molecule has 0 saturated carbocycles. The minimum Gasteiger partial charge on any atom is -0.479 e. The Hall–Kier alpha value is -2.77. The third-order valence-corrected chi connectivity index (χ3v) is 5.12. The smallest absolute Gasteiger partial charge is 0.303 e. The zero-order chi connectivity index (χ0) is 26.0. The van der Waals surface area contributed by atoms with Gasteiger partial charge in [-0.25, -0.2) is 9.98 Å². The van der Waals surface area contributed by atoms with Gasteiger partial charge in [0.25, 0.3) is 0 Å². The van der Waals surface area contributed by atoms with E-state index in [2.05, 4.69) is 15.3 Å². The van der Waals surface area contributed by atoms with Crippen molar-refractivity contribution in [2.45, 2.75) is 85.9 Å². The van der Waals surface area contributed by atoms with Gasteiger partial charge in [0.05, 0.1) is 38.6 Å². The maximum atomic E-state index is 10.9. The lowest BCUT2D eigenvalue weighted by molar-refractivity contribution is -0.157. The molecule has 4 rings (SSSR count). The molecule has 0 radical (unpaired) electrons. The van der Waals surface area contributed by atoms with E-state index in [0.717, 1.165) is 12.5 Å². The summed E-state index contributed by atoms with van der Waals surface area (Å²) >= 11 is 0. The summed E-state index contributed by atoms with van der Waals surface area (Å²) in [6.07, 6.45) is -0.896. The number of rotatable bonds is 5. The van der Waals surface area contributed by atoms with Crippen LogP contribution >= 0.6 is 0 Å². The molecule has 13 heteroatoms. The molecule has 0 spiro atoms. The fraction of sp³-hybridized carbons (Fsp3) is 0.792. The summed E-state index contributed by atoms with van der Waals surface area (Å²) in [6.45, 7) is 10.2. The first kappa shape index (κ1) is 34.2. The van der Waals surface area contributed by atoms with Crippen molar-refractivity contribution in [1.29, 1.82) is 0 Å². The van der Waals surface area contributed by atoms with Gasteiger partial charge in [-0.05, 0) is 0 Å². The van der Waals surface area contributed by atoms with Crippen LogP contribution in [0.3, 0.4) is 0 Å². The number of carbonyl (C=O) groups excluding carboxylic acids is 3. The SMILES string of the molecule is C.C.CC(=O)N[C@H]1COC[C@H]1O.CC(=O)OC[C@@H](OC(C)=O)[C@@H]1COC(C)=N1.CC1=N[C@H]2COC[C@H]2O1.[HH]. The maximum Gasteiger partial charge on any atom is 0.303 e. The number of ether oxygens (including phenoxy) is 6. The molecule has 0 bridgehead atoms. The van der Waals surface area contributed by atoms with Gasteiger partial charge in [0, 0.05) is 36.0 Å². The number of aliphatic hydroxyl groups excluding tert-OH is 1. The van der Waals surface area contributed by atoms with Crippen LogP contribution in [-0.2, 0) is 42.8 Å². The normalized spacial score (nSPS) is 27.4. The average Bonchev–Trinajstić information content (AvgIpc) is 3.53. The molecule has 4 aliphatic rings. The summed E-state index contributed by atoms with van der Waals surface area (Å²) < 4.78 is 30.3. The van der Waals surface area contributed by atoms with Crippen molar-refractivity contribution in [3.8, 4) is 0 Å². The summed E-state index contributed by atoms with van der Waals surface area (Å²) in [7, 11) is 0. The monoisotopic (exact) mass is 535 g/mol. The zero-order valence-electron chi connectivity index (χ0n) is 20.7. The van der Waals surface area contributed by atoms with Crippen molar-refractivity contribution >= 4 is 29.6 Å². The molecular weight excluding hydrogens is 490 g/mol. The van der Waals surface area contributed by atoms with Gasteiger partial charge in [-0.2, -0.15) is 0 Å². The lowest BCUT2D eigenvalue weighted by atomic mass is 10.2. The average molecular weight is 536 g/mol. The number of amides is 1. The van der Waals surface area contributed by atoms with Gasteiger partial charge in [0.2, 0.25) is 5.91 Å². The van der Waals surface area contributed by atoms with Gasteiger partial charge in [-0.3, -0.25) is 14.4 Å². The Kier molecular flexibility index (Phi) is 15.6. The summed E-state index contributed by atoms with van der Waals surface area (Å²) in [5.41, 5.74) is 0. The van der Waals surface area contributed by atoms with Crippen molar-refractivity contribution in [3.05, 3.63) is 0 Å². The van der Waals surface area contributed by atoms with Gasteiger partial charge in [0.1, 0.15) is 31.4 Å². The van der Waals surface area contributed by atoms with Crippen LogP contribution in [0, 0.1) is 0 Å². The molecular formula is C24H45N3O10. The standard InChI is InChI=1S/C10H15NO5.C6H11NO3.C6H9NO2.2CH4.H2/c1-6-11-9(4-14-6)10(16-8(3)13)5-15-7(2)12;1-4(8)7-5-2-10-3-6(5)9;1-4-7-5-2-8-3-6(5)9-4;;;/h9-10H,4-5H2,1-3H3;5-6,9H,2-3H2,1H3,(H,7,8);5-6H,2-3H2,1H3;2*1H4;1H/t9-,10+;2*5-,6+;;;/m000.../s1. The second kappa shape index (κ2) is 16.9. The minimum absolute atomic E-state index is 0. The third-order valence-electron chi connectivity index (χ3n) is 5.12. The van der Waals surface area contributed by atoms with E-state index in [1.54, 1.807) is 6.92 Å². The van der Waals surface area contributed by atoms with E-state index in [1.165, 1.54) is 20.8 Å². The van der Waals surface area contributed by atoms with E-state index in [9.17, 15) is 14.4 Å². The molecule has 13 nitrogen and oxygen atoms in total. The molecule has 6 atom stereocenters. The number of hydrogen-bond acceptors (Lipinski definition) is 12. The van der Waals surface area contributed by atoms with Crippen molar-refractivity contribution in [1.82, 2.24) is 5.32 Å². The molecule has 0 aliphatic carbocycles. The molecule has 2 N–H and O–H groups in total. The Balaban J connectivity index is 0. The summed E-state index contributed by atoms with van der Waals surface area (Å²) in [5, 5.41) is 11.7. The van der Waals surface area contributed by atoms with E-state index < -0.39 is 24.1 Å². The van der Waals surface area contributed by atoms with Crippen LogP contribution in [0.15, 0.2) is 9.98 Å². The van der Waals surface area contributed by atoms with Crippen LogP contribution in [0.4, 0.5) is 0 Å². The lowest BCUT2D eigenvalue weighted by Gasteiger charge is -2.19. The highest BCUT2D eigenvalue weighted by atomic mass is 16.6. The second-order valence-electron chi connectivity index (χ2n) is 8.30. The van der Waals surface area contributed by atoms with Crippen LogP contribution < -0.4 is 5.32 Å². The molecule has 0 unspecified atom stereocenters. The predicted octanol–water partition coefficient (Wildman–Crippen LogP) is 0.901. The first-order chi connectivity index (χ1) is 16.5. The Morgan fingerprint density at radius 3 is 2.16 bits per heavy atom. The van der Waals surface area contributed by atoms with Gasteiger partial charge < -0.3 is 38.8 Å². The van der Waals surface area contributed by atoms with Crippen molar-refractivity contribution in [2.24, 2.45) is 9.98 Å². The van der Waals surface area contributed by atoms with Gasteiger partial charge in [0.15, 0.2) is 17.9 Å². The molecule has 0 aromatic carbocycles. The van der Waals surface area contributed by atoms with Crippen LogP contribution in [-0.4, -0.2) is 111 Å². The topological polar surface area (TPSA) is 164 Å². The minimum atomic E-state index is -0.584. The summed E-state index contributed by atoms with van der Waals surface area (Å²) in [5.74, 6) is 0.376. The molecule has 0 aromatic rings. The molecule has 0 aromatic heterocycles. The Morgan fingerprint density at radius 2 is 1.68 bits per heavy atom. The fourth-order valence-corrected chi connectivity index (χ4v) is 3.52. The molecule has 1 amide bonds. The highest BCUT2D eigenvalue weighted by Crippen LogP contribution is 2.19. The van der Waals surface area contributed by atoms with E-state index in [-0.39, 0.29) is 47.0 Å². The number of carbonyl (C=O) groups is 3. The Labute approximate surface area is 220 Å². The first-order valence-electron chi connectivity index (χ1n) is 11.3. The zero-order valence-corrected chi connectivity index (χ0v) is 20.7. The highest BCUT2D eigenvalue weighted by molar-refractivity contribution is 5.75. The number of hydrogen-bond donors (Lipinski definition) is 2. The van der Waals surface area contributed by atoms with E-state index in [4.69, 9.17) is 33.5 Å². The number of fused-ring (bicyclic) bond motifs is 1. The van der Waals surface area contributed by atoms with E-state index in [0.29, 0.717) is 38.4 Å². The Morgan fingerprint density at radius 1 is 1.00 bits per heavy atom. The largest absolute Gasteiger partial charge is 0.479 e. The lowest BCUT2D eigenvalue weighted by Crippen LogP contribution is -2.41. The molecule has 4 heterocycles. The summed E-state index contributed by atoms with van der Waals surface area (Å²) in [6, 6.07) is -0.217. The van der Waals surface area contributed by atoms with Crippen LogP contribution in [0.5, 0.6) is 0 Å². The van der Waals surface area contributed by atoms with Gasteiger partial charge >= 0.3 is 11.9 Å². The van der Waals surface area contributed by atoms with E-state index >= 15 is 0 Å². The number of esters is 2. The van der Waals surface area contributed by atoms with Crippen LogP contribution in [0.2, 0.25) is 0 Å². The maximum absolute atomic E-state index is 10.9. The number of aliphatic imine (C=N–C) groups is 2. The highest BCUT2D eigenvalue weighted by Gasteiger charge is 2.34.